The molecule has 0 amide bonds. The predicted molar refractivity (Wildman–Crippen MR) is 141 cm³/mol. The van der Waals surface area contributed by atoms with Gasteiger partial charge in [-0.25, -0.2) is 0 Å². The standard InChI is InChI=1S/C23H36O.C3H8.2C2H6.V/c1-16-5-10-21(11-6-16)22-12-8-20(9-13-22)15-24-23-14-7-17(2)18(3)19(23)4;1-3-2;2*1-2;/h7,14,16,20-22H,5-6,8-13,15H2,1-4H3;3H2,1-2H3;2*1-2H3;. The predicted octanol–water partition coefficient (Wildman–Crippen LogP) is 10.1. The molecule has 2 heteroatoms. The van der Waals surface area contributed by atoms with Crippen LogP contribution in [0.15, 0.2) is 12.1 Å². The van der Waals surface area contributed by atoms with Crippen molar-refractivity contribution in [2.75, 3.05) is 6.61 Å². The number of hydrogen-bond acceptors (Lipinski definition) is 1. The van der Waals surface area contributed by atoms with E-state index >= 15 is 0 Å². The van der Waals surface area contributed by atoms with E-state index in [1.807, 2.05) is 27.7 Å². The van der Waals surface area contributed by atoms with Gasteiger partial charge in [0.15, 0.2) is 0 Å². The first-order valence-corrected chi connectivity index (χ1v) is 13.7. The first kappa shape index (κ1) is 33.8. The van der Waals surface area contributed by atoms with Crippen molar-refractivity contribution >= 4 is 0 Å². The second-order valence-corrected chi connectivity index (χ2v) is 9.45. The van der Waals surface area contributed by atoms with E-state index in [1.165, 1.54) is 74.5 Å². The van der Waals surface area contributed by atoms with Crippen LogP contribution in [-0.4, -0.2) is 6.61 Å². The van der Waals surface area contributed by atoms with E-state index in [0.29, 0.717) is 0 Å². The maximum Gasteiger partial charge on any atom is 0.122 e. The fourth-order valence-corrected chi connectivity index (χ4v) is 4.88. The molecule has 0 N–H and O–H groups in total. The molecule has 187 valence electrons. The molecule has 2 aliphatic carbocycles. The van der Waals surface area contributed by atoms with Gasteiger partial charge >= 0.3 is 0 Å². The Bertz CT molecular complexity index is 552. The third kappa shape index (κ3) is 11.6. The summed E-state index contributed by atoms with van der Waals surface area (Å²) in [6.45, 7) is 22.2. The van der Waals surface area contributed by atoms with Gasteiger partial charge in [-0.2, -0.15) is 0 Å². The van der Waals surface area contributed by atoms with Gasteiger partial charge in [0.2, 0.25) is 0 Å². The zero-order valence-corrected chi connectivity index (χ0v) is 24.8. The van der Waals surface area contributed by atoms with Crippen LogP contribution in [0, 0.1) is 44.4 Å². The zero-order valence-electron chi connectivity index (χ0n) is 23.4. The molecule has 0 spiro atoms. The summed E-state index contributed by atoms with van der Waals surface area (Å²) in [5.41, 5.74) is 4.06. The van der Waals surface area contributed by atoms with Crippen LogP contribution < -0.4 is 4.74 Å². The van der Waals surface area contributed by atoms with Crippen molar-refractivity contribution in [1.82, 2.24) is 0 Å². The Balaban J connectivity index is 0. The van der Waals surface area contributed by atoms with Crippen LogP contribution in [0.5, 0.6) is 5.75 Å². The van der Waals surface area contributed by atoms with Gasteiger partial charge in [-0.05, 0) is 106 Å². The molecule has 2 fully saturated rings. The molecular formula is C30H56OV. The Morgan fingerprint density at radius 2 is 1.16 bits per heavy atom. The third-order valence-electron chi connectivity index (χ3n) is 7.10. The van der Waals surface area contributed by atoms with Gasteiger partial charge in [0.05, 0.1) is 6.61 Å². The quantitative estimate of drug-likeness (QED) is 0.414. The molecule has 0 atom stereocenters. The fraction of sp³-hybridized carbons (Fsp3) is 0.800. The average Bonchev–Trinajstić information content (AvgIpc) is 2.81. The second-order valence-electron chi connectivity index (χ2n) is 9.45. The molecule has 1 radical (unpaired) electrons. The maximum atomic E-state index is 6.21. The van der Waals surface area contributed by atoms with Crippen molar-refractivity contribution in [3.63, 3.8) is 0 Å². The van der Waals surface area contributed by atoms with Crippen LogP contribution in [0.3, 0.4) is 0 Å². The van der Waals surface area contributed by atoms with Gasteiger partial charge < -0.3 is 4.74 Å². The van der Waals surface area contributed by atoms with Crippen molar-refractivity contribution in [3.8, 4) is 5.75 Å². The van der Waals surface area contributed by atoms with Gasteiger partial charge in [0.1, 0.15) is 5.75 Å². The number of ether oxygens (including phenoxy) is 1. The molecule has 0 heterocycles. The Labute approximate surface area is 214 Å². The van der Waals surface area contributed by atoms with E-state index in [9.17, 15) is 0 Å². The largest absolute Gasteiger partial charge is 0.493 e. The SMILES string of the molecule is CC.CC.CCC.Cc1ccc(OCC2CCC(C3CCC(C)CC3)CC2)c(C)c1C.[V]. The molecule has 2 aliphatic rings. The normalized spacial score (nSPS) is 24.2. The van der Waals surface area contributed by atoms with Crippen molar-refractivity contribution in [2.45, 2.75) is 127 Å². The fourth-order valence-electron chi connectivity index (χ4n) is 4.88. The van der Waals surface area contributed by atoms with Crippen LogP contribution in [0.4, 0.5) is 0 Å². The molecule has 0 aliphatic heterocycles. The van der Waals surface area contributed by atoms with Crippen molar-refractivity contribution in [2.24, 2.45) is 23.7 Å². The summed E-state index contributed by atoms with van der Waals surface area (Å²) in [6.07, 6.45) is 12.8. The molecule has 0 saturated heterocycles. The number of rotatable bonds is 4. The molecule has 32 heavy (non-hydrogen) atoms. The number of aryl methyl sites for hydroxylation is 1. The van der Waals surface area contributed by atoms with Crippen molar-refractivity contribution < 1.29 is 23.3 Å². The van der Waals surface area contributed by atoms with Crippen molar-refractivity contribution in [3.05, 3.63) is 28.8 Å². The van der Waals surface area contributed by atoms with E-state index in [4.69, 9.17) is 4.74 Å². The summed E-state index contributed by atoms with van der Waals surface area (Å²) in [6, 6.07) is 4.35. The van der Waals surface area contributed by atoms with E-state index in [2.05, 4.69) is 53.7 Å². The molecule has 1 aromatic rings. The minimum Gasteiger partial charge on any atom is -0.493 e. The van der Waals surface area contributed by atoms with Crippen LogP contribution in [0.1, 0.15) is 123 Å². The Hall–Kier alpha value is -0.396. The summed E-state index contributed by atoms with van der Waals surface area (Å²) in [4.78, 5) is 0. The van der Waals surface area contributed by atoms with Gasteiger partial charge in [0, 0.05) is 18.6 Å². The topological polar surface area (TPSA) is 9.23 Å². The van der Waals surface area contributed by atoms with Crippen LogP contribution in [0.25, 0.3) is 0 Å². The third-order valence-corrected chi connectivity index (χ3v) is 7.10. The zero-order chi connectivity index (χ0) is 23.8. The van der Waals surface area contributed by atoms with Crippen LogP contribution >= 0.6 is 0 Å². The van der Waals surface area contributed by atoms with E-state index in [1.54, 1.807) is 0 Å². The second kappa shape index (κ2) is 20.0. The first-order valence-electron chi connectivity index (χ1n) is 13.7. The molecule has 0 aromatic heterocycles. The van der Waals surface area contributed by atoms with E-state index < -0.39 is 0 Å². The number of benzene rings is 1. The van der Waals surface area contributed by atoms with Gasteiger partial charge in [-0.3, -0.25) is 0 Å². The minimum atomic E-state index is 0. The smallest absolute Gasteiger partial charge is 0.122 e. The van der Waals surface area contributed by atoms with Gasteiger partial charge in [0.25, 0.3) is 0 Å². The molecule has 1 aromatic carbocycles. The molecule has 1 nitrogen and oxygen atoms in total. The van der Waals surface area contributed by atoms with E-state index in [-0.39, 0.29) is 18.6 Å². The van der Waals surface area contributed by atoms with Crippen LogP contribution in [0.2, 0.25) is 0 Å². The Morgan fingerprint density at radius 1 is 0.719 bits per heavy atom. The molecule has 3 rings (SSSR count). The summed E-state index contributed by atoms with van der Waals surface area (Å²) < 4.78 is 6.21. The summed E-state index contributed by atoms with van der Waals surface area (Å²) in [7, 11) is 0. The Morgan fingerprint density at radius 3 is 1.62 bits per heavy atom. The maximum absolute atomic E-state index is 6.21. The van der Waals surface area contributed by atoms with Gasteiger partial charge in [-0.1, -0.05) is 73.8 Å². The molecule has 0 bridgehead atoms. The summed E-state index contributed by atoms with van der Waals surface area (Å²) in [5, 5.41) is 0. The molecular weight excluding hydrogens is 427 g/mol. The van der Waals surface area contributed by atoms with E-state index in [0.717, 1.165) is 36.0 Å². The van der Waals surface area contributed by atoms with Crippen LogP contribution in [-0.2, 0) is 18.6 Å². The average molecular weight is 484 g/mol. The summed E-state index contributed by atoms with van der Waals surface area (Å²) >= 11 is 0. The number of hydrogen-bond donors (Lipinski definition) is 0. The first-order chi connectivity index (χ1) is 15.0. The minimum absolute atomic E-state index is 0. The van der Waals surface area contributed by atoms with Crippen molar-refractivity contribution in [1.29, 1.82) is 0 Å². The monoisotopic (exact) mass is 483 g/mol. The molecule has 2 saturated carbocycles. The molecule has 0 unspecified atom stereocenters. The van der Waals surface area contributed by atoms with Gasteiger partial charge in [-0.15, -0.1) is 0 Å². The Kier molecular flexibility index (Phi) is 21.1. The summed E-state index contributed by atoms with van der Waals surface area (Å²) in [5.74, 6) is 4.89.